The summed E-state index contributed by atoms with van der Waals surface area (Å²) in [5, 5.41) is 2.58. The second kappa shape index (κ2) is 10.4. The number of carbonyl (C=O) groups is 1. The van der Waals surface area contributed by atoms with Gasteiger partial charge in [-0.2, -0.15) is 0 Å². The van der Waals surface area contributed by atoms with Crippen molar-refractivity contribution in [3.63, 3.8) is 0 Å². The van der Waals surface area contributed by atoms with Crippen LogP contribution < -0.4 is 31.7 Å². The number of nitrogens with one attached hydrogen (secondary N) is 1. The highest BCUT2D eigenvalue weighted by Crippen LogP contribution is 2.39. The van der Waals surface area contributed by atoms with E-state index in [2.05, 4.69) is 24.4 Å². The fraction of sp³-hybridized carbons (Fsp3) is 0.414. The van der Waals surface area contributed by atoms with Crippen molar-refractivity contribution in [2.45, 2.75) is 53.1 Å². The highest BCUT2D eigenvalue weighted by molar-refractivity contribution is 5.71. The van der Waals surface area contributed by atoms with Gasteiger partial charge in [-0.05, 0) is 74.8 Å². The molecule has 9 nitrogen and oxygen atoms in total. The van der Waals surface area contributed by atoms with Crippen LogP contribution in [0, 0.1) is 26.7 Å². The Morgan fingerprint density at radius 1 is 1.11 bits per heavy atom. The minimum atomic E-state index is -0.631. The molecule has 0 unspecified atom stereocenters. The number of nitrogens with zero attached hydrogens (tertiary/aromatic N) is 3. The van der Waals surface area contributed by atoms with Gasteiger partial charge in [-0.1, -0.05) is 17.7 Å². The molecule has 0 spiro atoms. The molecule has 200 valence electrons. The molecule has 3 aromatic rings. The third-order valence-corrected chi connectivity index (χ3v) is 7.23. The van der Waals surface area contributed by atoms with Crippen LogP contribution in [0.25, 0.3) is 11.3 Å². The molecule has 1 fully saturated rings. The molecule has 38 heavy (non-hydrogen) atoms. The van der Waals surface area contributed by atoms with E-state index in [1.807, 2.05) is 32.0 Å². The van der Waals surface area contributed by atoms with Crippen LogP contribution in [0.3, 0.4) is 0 Å². The molecule has 2 aliphatic rings. The zero-order chi connectivity index (χ0) is 27.0. The average Bonchev–Trinajstić information content (AvgIpc) is 3.70. The van der Waals surface area contributed by atoms with E-state index in [1.165, 1.54) is 12.8 Å². The number of fused-ring (bicyclic) bond motifs is 3. The number of ether oxygens (including phenoxy) is 2. The molecular weight excluding hydrogens is 482 g/mol. The minimum Gasteiger partial charge on any atom is -0.493 e. The molecule has 0 radical (unpaired) electrons. The zero-order valence-corrected chi connectivity index (χ0v) is 22.5. The largest absolute Gasteiger partial charge is 0.493 e. The van der Waals surface area contributed by atoms with Crippen molar-refractivity contribution in [2.24, 2.45) is 16.6 Å². The number of benzene rings is 2. The molecule has 2 heterocycles. The summed E-state index contributed by atoms with van der Waals surface area (Å²) in [7, 11) is 1.63. The molecule has 0 saturated heterocycles. The van der Waals surface area contributed by atoms with E-state index in [4.69, 9.17) is 20.2 Å². The van der Waals surface area contributed by atoms with Crippen molar-refractivity contribution in [3.8, 4) is 22.8 Å². The predicted molar refractivity (Wildman–Crippen MR) is 146 cm³/mol. The molecule has 0 bridgehead atoms. The Kier molecular flexibility index (Phi) is 7.01. The molecule has 9 heteroatoms. The van der Waals surface area contributed by atoms with Gasteiger partial charge >= 0.3 is 11.7 Å². The van der Waals surface area contributed by atoms with E-state index in [0.717, 1.165) is 44.9 Å². The lowest BCUT2D eigenvalue weighted by Gasteiger charge is -2.25. The molecule has 1 saturated carbocycles. The van der Waals surface area contributed by atoms with Gasteiger partial charge in [0.05, 0.1) is 25.1 Å². The summed E-state index contributed by atoms with van der Waals surface area (Å²) < 4.78 is 15.1. The molecule has 1 aromatic heterocycles. The summed E-state index contributed by atoms with van der Waals surface area (Å²) in [6, 6.07) is 9.50. The van der Waals surface area contributed by atoms with E-state index in [0.29, 0.717) is 36.7 Å². The molecule has 3 N–H and O–H groups in total. The summed E-state index contributed by atoms with van der Waals surface area (Å²) in [4.78, 5) is 30.1. The molecule has 2 amide bonds. The Hall–Kier alpha value is -4.01. The van der Waals surface area contributed by atoms with Crippen LogP contribution in [0.4, 0.5) is 10.5 Å². The summed E-state index contributed by atoms with van der Waals surface area (Å²) in [5.41, 5.74) is 12.5. The van der Waals surface area contributed by atoms with Crippen molar-refractivity contribution in [2.75, 3.05) is 20.3 Å². The van der Waals surface area contributed by atoms with Gasteiger partial charge in [0.1, 0.15) is 5.49 Å². The molecule has 5 rings (SSSR count). The van der Waals surface area contributed by atoms with Crippen LogP contribution in [0.5, 0.6) is 11.5 Å². The Labute approximate surface area is 221 Å². The lowest BCUT2D eigenvalue weighted by atomic mass is 9.97. The van der Waals surface area contributed by atoms with Crippen molar-refractivity contribution >= 4 is 11.7 Å². The van der Waals surface area contributed by atoms with Gasteiger partial charge < -0.3 is 20.5 Å². The number of aryl methyl sites for hydroxylation is 4. The van der Waals surface area contributed by atoms with Gasteiger partial charge in [0, 0.05) is 31.3 Å². The van der Waals surface area contributed by atoms with Crippen molar-refractivity contribution in [1.29, 1.82) is 0 Å². The van der Waals surface area contributed by atoms with Crippen molar-refractivity contribution < 1.29 is 14.3 Å². The smallest absolute Gasteiger partial charge is 0.330 e. The topological polar surface area (TPSA) is 113 Å². The van der Waals surface area contributed by atoms with Crippen molar-refractivity contribution in [1.82, 2.24) is 14.5 Å². The predicted octanol–water partition coefficient (Wildman–Crippen LogP) is 3.50. The van der Waals surface area contributed by atoms with Gasteiger partial charge in [-0.3, -0.25) is 9.13 Å². The van der Waals surface area contributed by atoms with E-state index < -0.39 is 6.03 Å². The Morgan fingerprint density at radius 2 is 1.84 bits per heavy atom. The Balaban J connectivity index is 1.66. The van der Waals surface area contributed by atoms with Crippen LogP contribution in [0.15, 0.2) is 40.1 Å². The molecular formula is C29H35N5O4. The number of primary amides is 1. The number of rotatable bonds is 8. The van der Waals surface area contributed by atoms with E-state index >= 15 is 0 Å². The summed E-state index contributed by atoms with van der Waals surface area (Å²) in [5.74, 6) is 2.03. The quantitative estimate of drug-likeness (QED) is 0.476. The fourth-order valence-corrected chi connectivity index (χ4v) is 5.17. The number of carbonyl (C=O) groups excluding carboxylic acids is 1. The maximum Gasteiger partial charge on any atom is 0.330 e. The lowest BCUT2D eigenvalue weighted by Crippen LogP contribution is -2.44. The summed E-state index contributed by atoms with van der Waals surface area (Å²) >= 11 is 0. The van der Waals surface area contributed by atoms with Crippen LogP contribution in [0.1, 0.15) is 35.1 Å². The number of nitrogens with two attached hydrogens (primary N) is 1. The summed E-state index contributed by atoms with van der Waals surface area (Å²) in [6.45, 7) is 7.78. The van der Waals surface area contributed by atoms with E-state index in [-0.39, 0.29) is 18.8 Å². The second-order valence-corrected chi connectivity index (χ2v) is 10.3. The lowest BCUT2D eigenvalue weighted by molar-refractivity contribution is 0.248. The van der Waals surface area contributed by atoms with Crippen LogP contribution in [0.2, 0.25) is 0 Å². The van der Waals surface area contributed by atoms with Crippen LogP contribution >= 0.6 is 0 Å². The SMILES string of the molecule is COc1cc2c(cc1OCC1CC1)CCn1c-2cc(=Nc2c(C)cc(C)cc2C)n(CCNC(N)=O)c1=O. The molecule has 1 aliphatic carbocycles. The van der Waals surface area contributed by atoms with Gasteiger partial charge in [-0.25, -0.2) is 14.6 Å². The number of hydrogen-bond donors (Lipinski definition) is 2. The fourth-order valence-electron chi connectivity index (χ4n) is 5.17. The van der Waals surface area contributed by atoms with Crippen LogP contribution in [-0.2, 0) is 19.5 Å². The first kappa shape index (κ1) is 25.6. The third-order valence-electron chi connectivity index (χ3n) is 7.23. The van der Waals surface area contributed by atoms with Gasteiger partial charge in [-0.15, -0.1) is 0 Å². The Bertz CT molecular complexity index is 1510. The molecule has 1 aliphatic heterocycles. The standard InChI is InChI=1S/C29H35N5O4/c1-17-11-18(2)27(19(3)12-17)32-26-15-23-22-14-24(37-4)25(38-16-20-5-6-20)13-21(22)7-9-33(23)29(36)34(26)10-8-31-28(30)35/h11-15,20H,5-10,16H2,1-4H3,(H3,30,31,35). The van der Waals surface area contributed by atoms with Gasteiger partial charge in [0.25, 0.3) is 0 Å². The third kappa shape index (κ3) is 5.18. The monoisotopic (exact) mass is 517 g/mol. The first-order chi connectivity index (χ1) is 18.2. The highest BCUT2D eigenvalue weighted by Gasteiger charge is 2.25. The molecule has 2 aromatic carbocycles. The molecule has 0 atom stereocenters. The maximum absolute atomic E-state index is 13.8. The van der Waals surface area contributed by atoms with Gasteiger partial charge in [0.2, 0.25) is 0 Å². The van der Waals surface area contributed by atoms with Gasteiger partial charge in [0.15, 0.2) is 11.5 Å². The Morgan fingerprint density at radius 3 is 2.50 bits per heavy atom. The number of aromatic nitrogens is 2. The first-order valence-corrected chi connectivity index (χ1v) is 13.1. The maximum atomic E-state index is 13.8. The van der Waals surface area contributed by atoms with Crippen molar-refractivity contribution in [3.05, 3.63) is 68.6 Å². The first-order valence-electron chi connectivity index (χ1n) is 13.1. The van der Waals surface area contributed by atoms with E-state index in [9.17, 15) is 9.59 Å². The number of amides is 2. The average molecular weight is 518 g/mol. The van der Waals surface area contributed by atoms with E-state index in [1.54, 1.807) is 16.2 Å². The second-order valence-electron chi connectivity index (χ2n) is 10.3. The van der Waals surface area contributed by atoms with Crippen LogP contribution in [-0.4, -0.2) is 35.4 Å². The number of hydrogen-bond acceptors (Lipinski definition) is 5. The summed E-state index contributed by atoms with van der Waals surface area (Å²) in [6.07, 6.45) is 3.12. The highest BCUT2D eigenvalue weighted by atomic mass is 16.5. The minimum absolute atomic E-state index is 0.186. The zero-order valence-electron chi connectivity index (χ0n) is 22.5. The normalized spacial score (nSPS) is 14.6. The number of methoxy groups -OCH3 is 1. The number of urea groups is 1.